The minimum Gasteiger partial charge on any atom is -0.356 e. The van der Waals surface area contributed by atoms with Crippen LogP contribution in [0.5, 0.6) is 0 Å². The first-order valence-corrected chi connectivity index (χ1v) is 8.58. The highest BCUT2D eigenvalue weighted by Gasteiger charge is 2.09. The lowest BCUT2D eigenvalue weighted by molar-refractivity contribution is -0.121. The molecule has 124 valence electrons. The number of hydrogen-bond acceptors (Lipinski definition) is 5. The average molecular weight is 334 g/mol. The third-order valence-corrected chi connectivity index (χ3v) is 4.64. The minimum atomic E-state index is -0.342. The zero-order valence-electron chi connectivity index (χ0n) is 13.7. The quantitative estimate of drug-likeness (QED) is 0.756. The van der Waals surface area contributed by atoms with Crippen molar-refractivity contribution < 1.29 is 4.79 Å². The van der Waals surface area contributed by atoms with E-state index in [1.165, 1.54) is 0 Å². The van der Waals surface area contributed by atoms with Gasteiger partial charge in [0, 0.05) is 41.8 Å². The van der Waals surface area contributed by atoms with E-state index in [-0.39, 0.29) is 11.6 Å². The van der Waals surface area contributed by atoms with Crippen molar-refractivity contribution in [3.63, 3.8) is 0 Å². The largest absolute Gasteiger partial charge is 0.356 e. The van der Waals surface area contributed by atoms with Crippen molar-refractivity contribution in [1.82, 2.24) is 20.3 Å². The topological polar surface area (TPSA) is 87.7 Å². The van der Waals surface area contributed by atoms with Crippen molar-refractivity contribution in [2.75, 3.05) is 6.54 Å². The number of nitrogens with zero attached hydrogens (tertiary/aromatic N) is 2. The van der Waals surface area contributed by atoms with Gasteiger partial charge in [-0.2, -0.15) is 4.98 Å². The molecular weight excluding hydrogens is 312 g/mol. The fourth-order valence-corrected chi connectivity index (χ4v) is 3.25. The van der Waals surface area contributed by atoms with Crippen LogP contribution in [0.25, 0.3) is 0 Å². The van der Waals surface area contributed by atoms with Crippen LogP contribution in [0.3, 0.4) is 0 Å². The Kier molecular flexibility index (Phi) is 6.04. The second kappa shape index (κ2) is 8.01. The molecule has 0 fully saturated rings. The molecule has 0 bridgehead atoms. The molecule has 0 radical (unpaired) electrons. The van der Waals surface area contributed by atoms with Gasteiger partial charge in [0.15, 0.2) is 0 Å². The molecule has 0 aromatic carbocycles. The molecule has 0 unspecified atom stereocenters. The number of amides is 1. The Morgan fingerprint density at radius 3 is 2.70 bits per heavy atom. The van der Waals surface area contributed by atoms with Crippen molar-refractivity contribution in [3.05, 3.63) is 43.5 Å². The van der Waals surface area contributed by atoms with Gasteiger partial charge < -0.3 is 10.3 Å². The molecule has 1 amide bonds. The van der Waals surface area contributed by atoms with Crippen LogP contribution in [0.1, 0.15) is 40.5 Å². The third kappa shape index (κ3) is 5.28. The SMILES string of the molecule is Cc1csc(CCCNC(=O)CCc2c(C)nc(=O)[nH]c2C)n1. The molecule has 0 aliphatic heterocycles. The average Bonchev–Trinajstić information content (AvgIpc) is 2.88. The van der Waals surface area contributed by atoms with Gasteiger partial charge in [-0.05, 0) is 39.2 Å². The lowest BCUT2D eigenvalue weighted by Gasteiger charge is -2.08. The van der Waals surface area contributed by atoms with E-state index in [0.29, 0.717) is 25.1 Å². The van der Waals surface area contributed by atoms with Crippen LogP contribution in [0, 0.1) is 20.8 Å². The van der Waals surface area contributed by atoms with Crippen LogP contribution in [-0.4, -0.2) is 27.4 Å². The van der Waals surface area contributed by atoms with E-state index in [2.05, 4.69) is 20.3 Å². The molecule has 0 spiro atoms. The Hall–Kier alpha value is -2.02. The summed E-state index contributed by atoms with van der Waals surface area (Å²) in [5.41, 5.74) is 3.13. The van der Waals surface area contributed by atoms with Gasteiger partial charge in [-0.15, -0.1) is 11.3 Å². The monoisotopic (exact) mass is 334 g/mol. The molecule has 2 aromatic heterocycles. The molecule has 23 heavy (non-hydrogen) atoms. The van der Waals surface area contributed by atoms with Gasteiger partial charge in [0.25, 0.3) is 0 Å². The Morgan fingerprint density at radius 2 is 2.04 bits per heavy atom. The van der Waals surface area contributed by atoms with Gasteiger partial charge in [0.05, 0.1) is 5.01 Å². The summed E-state index contributed by atoms with van der Waals surface area (Å²) in [4.78, 5) is 34.1. The summed E-state index contributed by atoms with van der Waals surface area (Å²) in [7, 11) is 0. The van der Waals surface area contributed by atoms with E-state index >= 15 is 0 Å². The van der Waals surface area contributed by atoms with Crippen molar-refractivity contribution in [2.24, 2.45) is 0 Å². The highest BCUT2D eigenvalue weighted by Crippen LogP contribution is 2.11. The van der Waals surface area contributed by atoms with Gasteiger partial charge in [-0.1, -0.05) is 0 Å². The van der Waals surface area contributed by atoms with Crippen molar-refractivity contribution >= 4 is 17.2 Å². The van der Waals surface area contributed by atoms with E-state index in [4.69, 9.17) is 0 Å². The molecule has 2 N–H and O–H groups in total. The molecule has 6 nitrogen and oxygen atoms in total. The molecule has 0 atom stereocenters. The fourth-order valence-electron chi connectivity index (χ4n) is 2.44. The summed E-state index contributed by atoms with van der Waals surface area (Å²) < 4.78 is 0. The van der Waals surface area contributed by atoms with Gasteiger partial charge in [-0.25, -0.2) is 9.78 Å². The van der Waals surface area contributed by atoms with Crippen LogP contribution in [0.2, 0.25) is 0 Å². The van der Waals surface area contributed by atoms with Gasteiger partial charge in [0.2, 0.25) is 5.91 Å². The second-order valence-corrected chi connectivity index (χ2v) is 6.51. The number of nitrogens with one attached hydrogen (secondary N) is 2. The van der Waals surface area contributed by atoms with Crippen LogP contribution in [0.4, 0.5) is 0 Å². The summed E-state index contributed by atoms with van der Waals surface area (Å²) in [6.45, 7) is 6.27. The third-order valence-electron chi connectivity index (χ3n) is 3.61. The number of aryl methyl sites for hydroxylation is 4. The number of rotatable bonds is 7. The summed E-state index contributed by atoms with van der Waals surface area (Å²) in [6, 6.07) is 0. The van der Waals surface area contributed by atoms with Gasteiger partial charge in [0.1, 0.15) is 0 Å². The number of H-pyrrole nitrogens is 1. The van der Waals surface area contributed by atoms with E-state index in [9.17, 15) is 9.59 Å². The number of hydrogen-bond donors (Lipinski definition) is 2. The maximum Gasteiger partial charge on any atom is 0.345 e. The number of aromatic amines is 1. The maximum absolute atomic E-state index is 11.9. The molecule has 2 aromatic rings. The number of thiazole rings is 1. The van der Waals surface area contributed by atoms with E-state index < -0.39 is 0 Å². The second-order valence-electron chi connectivity index (χ2n) is 5.57. The normalized spacial score (nSPS) is 10.7. The molecule has 0 saturated carbocycles. The highest BCUT2D eigenvalue weighted by molar-refractivity contribution is 7.09. The zero-order valence-corrected chi connectivity index (χ0v) is 14.5. The van der Waals surface area contributed by atoms with Gasteiger partial charge in [-0.3, -0.25) is 4.79 Å². The molecule has 0 aliphatic carbocycles. The van der Waals surface area contributed by atoms with Crippen molar-refractivity contribution in [2.45, 2.75) is 46.5 Å². The highest BCUT2D eigenvalue weighted by atomic mass is 32.1. The minimum absolute atomic E-state index is 0.0188. The lowest BCUT2D eigenvalue weighted by atomic mass is 10.1. The summed E-state index contributed by atoms with van der Waals surface area (Å²) in [5.74, 6) is 0.0188. The predicted molar refractivity (Wildman–Crippen MR) is 90.8 cm³/mol. The summed E-state index contributed by atoms with van der Waals surface area (Å²) >= 11 is 1.66. The summed E-state index contributed by atoms with van der Waals surface area (Å²) in [6.07, 6.45) is 2.75. The smallest absolute Gasteiger partial charge is 0.345 e. The molecule has 7 heteroatoms. The molecule has 2 rings (SSSR count). The van der Waals surface area contributed by atoms with Crippen LogP contribution < -0.4 is 11.0 Å². The van der Waals surface area contributed by atoms with Gasteiger partial charge >= 0.3 is 5.69 Å². The van der Waals surface area contributed by atoms with E-state index in [0.717, 1.165) is 34.8 Å². The van der Waals surface area contributed by atoms with Crippen molar-refractivity contribution in [1.29, 1.82) is 0 Å². The van der Waals surface area contributed by atoms with Crippen LogP contribution in [-0.2, 0) is 17.6 Å². The predicted octanol–water partition coefficient (Wildman–Crippen LogP) is 1.83. The maximum atomic E-state index is 11.9. The van der Waals surface area contributed by atoms with Crippen LogP contribution >= 0.6 is 11.3 Å². The number of carbonyl (C=O) groups excluding carboxylic acids is 1. The molecular formula is C16H22N4O2S. The van der Waals surface area contributed by atoms with Crippen LogP contribution in [0.15, 0.2) is 10.2 Å². The first kappa shape index (κ1) is 17.3. The molecule has 0 saturated heterocycles. The zero-order chi connectivity index (χ0) is 16.8. The van der Waals surface area contributed by atoms with E-state index in [1.54, 1.807) is 18.3 Å². The van der Waals surface area contributed by atoms with E-state index in [1.807, 2.05) is 19.2 Å². The van der Waals surface area contributed by atoms with Crippen molar-refractivity contribution in [3.8, 4) is 0 Å². The molecule has 0 aliphatic rings. The summed E-state index contributed by atoms with van der Waals surface area (Å²) in [5, 5.41) is 6.08. The number of carbonyl (C=O) groups is 1. The Balaban J connectivity index is 1.72. The first-order chi connectivity index (χ1) is 11.0. The first-order valence-electron chi connectivity index (χ1n) is 7.70. The Morgan fingerprint density at radius 1 is 1.26 bits per heavy atom. The Labute approximate surface area is 139 Å². The lowest BCUT2D eigenvalue weighted by Crippen LogP contribution is -2.25. The standard InChI is InChI=1S/C16H22N4O2S/c1-10-9-23-15(18-10)5-4-8-17-14(21)7-6-13-11(2)19-16(22)20-12(13)3/h9H,4-8H2,1-3H3,(H,17,21)(H,19,20,22). The fraction of sp³-hybridized carbons (Fsp3) is 0.500. The molecule has 2 heterocycles. The Bertz CT molecular complexity index is 710. The number of aromatic nitrogens is 3.